The van der Waals surface area contributed by atoms with E-state index in [2.05, 4.69) is 6.92 Å². The third-order valence-corrected chi connectivity index (χ3v) is 4.33. The van der Waals surface area contributed by atoms with Gasteiger partial charge in [0.05, 0.1) is 5.78 Å². The molecule has 0 rings (SSSR count). The number of rotatable bonds is 5. The molecule has 0 saturated heterocycles. The monoisotopic (exact) mass is 221 g/mol. The van der Waals surface area contributed by atoms with Gasteiger partial charge >= 0.3 is 0 Å². The van der Waals surface area contributed by atoms with Crippen LogP contribution in [0.4, 0.5) is 0 Å². The first-order valence-corrected chi connectivity index (χ1v) is 6.73. The van der Waals surface area contributed by atoms with Crippen LogP contribution in [0.1, 0.15) is 41.5 Å². The van der Waals surface area contributed by atoms with Crippen LogP contribution >= 0.6 is 8.15 Å². The molecular formula is C10H24NO2P. The Labute approximate surface area is 89.2 Å². The van der Waals surface area contributed by atoms with Gasteiger partial charge in [0, 0.05) is 20.3 Å². The molecule has 1 N–H and O–H groups in total. The number of nitrogens with zero attached hydrogens (tertiary/aromatic N) is 1. The summed E-state index contributed by atoms with van der Waals surface area (Å²) in [5.74, 6) is 0.0925. The molecule has 2 unspecified atom stereocenters. The normalized spacial score (nSPS) is 17.1. The molecule has 0 heterocycles. The Hall–Kier alpha value is 0.310. The van der Waals surface area contributed by atoms with Crippen molar-refractivity contribution >= 4 is 8.15 Å². The molecule has 0 aromatic rings. The SMILES string of the molecule is CCOP(CC)C(C)N(O)C(C)(C)C. The molecule has 0 bridgehead atoms. The number of hydroxylamine groups is 2. The third kappa shape index (κ3) is 4.22. The summed E-state index contributed by atoms with van der Waals surface area (Å²) < 4.78 is 5.63. The Morgan fingerprint density at radius 2 is 1.86 bits per heavy atom. The highest BCUT2D eigenvalue weighted by atomic mass is 31.1. The van der Waals surface area contributed by atoms with Gasteiger partial charge in [-0.2, -0.15) is 5.06 Å². The predicted octanol–water partition coefficient (Wildman–Crippen LogP) is 3.28. The fraction of sp³-hybridized carbons (Fsp3) is 1.00. The molecule has 0 aliphatic rings. The minimum Gasteiger partial charge on any atom is -0.358 e. The van der Waals surface area contributed by atoms with Gasteiger partial charge in [-0.3, -0.25) is 0 Å². The van der Waals surface area contributed by atoms with Crippen LogP contribution in [0, 0.1) is 0 Å². The zero-order chi connectivity index (χ0) is 11.4. The van der Waals surface area contributed by atoms with Gasteiger partial charge in [0.25, 0.3) is 0 Å². The molecule has 86 valence electrons. The van der Waals surface area contributed by atoms with Crippen molar-refractivity contribution in [3.63, 3.8) is 0 Å². The van der Waals surface area contributed by atoms with Crippen LogP contribution in [0.2, 0.25) is 0 Å². The molecule has 0 fully saturated rings. The summed E-state index contributed by atoms with van der Waals surface area (Å²) in [5.41, 5.74) is -0.216. The second-order valence-corrected chi connectivity index (χ2v) is 6.77. The van der Waals surface area contributed by atoms with E-state index in [9.17, 15) is 5.21 Å². The van der Waals surface area contributed by atoms with Crippen LogP contribution in [0.25, 0.3) is 0 Å². The van der Waals surface area contributed by atoms with E-state index in [1.165, 1.54) is 5.06 Å². The molecule has 0 aliphatic carbocycles. The average Bonchev–Trinajstić information content (AvgIpc) is 2.10. The van der Waals surface area contributed by atoms with Crippen LogP contribution in [0.5, 0.6) is 0 Å². The van der Waals surface area contributed by atoms with Gasteiger partial charge in [-0.25, -0.2) is 0 Å². The smallest absolute Gasteiger partial charge is 0.0769 e. The van der Waals surface area contributed by atoms with Crippen molar-refractivity contribution in [2.75, 3.05) is 12.8 Å². The highest BCUT2D eigenvalue weighted by molar-refractivity contribution is 7.53. The highest BCUT2D eigenvalue weighted by Gasteiger charge is 2.29. The van der Waals surface area contributed by atoms with Crippen LogP contribution < -0.4 is 0 Å². The van der Waals surface area contributed by atoms with Gasteiger partial charge in [-0.1, -0.05) is 6.92 Å². The van der Waals surface area contributed by atoms with Crippen LogP contribution in [0.3, 0.4) is 0 Å². The molecule has 0 radical (unpaired) electrons. The van der Waals surface area contributed by atoms with Gasteiger partial charge in [0.15, 0.2) is 0 Å². The number of hydrogen-bond acceptors (Lipinski definition) is 3. The minimum atomic E-state index is -0.548. The van der Waals surface area contributed by atoms with E-state index >= 15 is 0 Å². The summed E-state index contributed by atoms with van der Waals surface area (Å²) in [4.78, 5) is 0. The van der Waals surface area contributed by atoms with Crippen molar-refractivity contribution in [2.24, 2.45) is 0 Å². The Balaban J connectivity index is 4.33. The summed E-state index contributed by atoms with van der Waals surface area (Å²) in [7, 11) is -0.548. The molecule has 0 saturated carbocycles. The Kier molecular flexibility index (Phi) is 6.15. The lowest BCUT2D eigenvalue weighted by atomic mass is 10.1. The first-order valence-electron chi connectivity index (χ1n) is 5.22. The molecular weight excluding hydrogens is 197 g/mol. The van der Waals surface area contributed by atoms with Crippen molar-refractivity contribution in [3.05, 3.63) is 0 Å². The summed E-state index contributed by atoms with van der Waals surface area (Å²) >= 11 is 0. The van der Waals surface area contributed by atoms with E-state index in [0.29, 0.717) is 0 Å². The van der Waals surface area contributed by atoms with Crippen molar-refractivity contribution < 1.29 is 9.73 Å². The first-order chi connectivity index (χ1) is 6.34. The van der Waals surface area contributed by atoms with E-state index < -0.39 is 8.15 Å². The maximum Gasteiger partial charge on any atom is 0.0769 e. The number of hydrogen-bond donors (Lipinski definition) is 1. The maximum absolute atomic E-state index is 9.95. The lowest BCUT2D eigenvalue weighted by molar-refractivity contribution is -0.164. The molecule has 3 nitrogen and oxygen atoms in total. The standard InChI is InChI=1S/C10H24NO2P/c1-7-13-14(8-2)9(3)11(12)10(4,5)6/h9,12H,7-8H2,1-6H3. The second kappa shape index (κ2) is 6.02. The van der Waals surface area contributed by atoms with Crippen molar-refractivity contribution in [3.8, 4) is 0 Å². The first kappa shape index (κ1) is 14.3. The largest absolute Gasteiger partial charge is 0.358 e. The van der Waals surface area contributed by atoms with Gasteiger partial charge in [-0.05, 0) is 40.8 Å². The summed E-state index contributed by atoms with van der Waals surface area (Å²) in [6, 6.07) is 0. The Bertz CT molecular complexity index is 159. The molecule has 0 aromatic heterocycles. The van der Waals surface area contributed by atoms with E-state index in [1.54, 1.807) is 0 Å². The lowest BCUT2D eigenvalue weighted by Gasteiger charge is -2.37. The molecule has 0 aromatic carbocycles. The van der Waals surface area contributed by atoms with Crippen LogP contribution in [-0.2, 0) is 4.52 Å². The van der Waals surface area contributed by atoms with E-state index in [1.807, 2.05) is 34.6 Å². The summed E-state index contributed by atoms with van der Waals surface area (Å²) in [5, 5.41) is 11.4. The zero-order valence-corrected chi connectivity index (χ0v) is 11.1. The summed E-state index contributed by atoms with van der Waals surface area (Å²) in [6.07, 6.45) is 0.984. The van der Waals surface area contributed by atoms with Gasteiger partial charge < -0.3 is 9.73 Å². The third-order valence-electron chi connectivity index (χ3n) is 2.06. The molecule has 0 spiro atoms. The quantitative estimate of drug-likeness (QED) is 0.571. The highest BCUT2D eigenvalue weighted by Crippen LogP contribution is 2.44. The van der Waals surface area contributed by atoms with E-state index in [0.717, 1.165) is 12.8 Å². The maximum atomic E-state index is 9.95. The molecule has 2 atom stereocenters. The average molecular weight is 221 g/mol. The fourth-order valence-corrected chi connectivity index (χ4v) is 3.16. The topological polar surface area (TPSA) is 32.7 Å². The Morgan fingerprint density at radius 1 is 1.36 bits per heavy atom. The lowest BCUT2D eigenvalue weighted by Crippen LogP contribution is -2.44. The molecule has 4 heteroatoms. The zero-order valence-electron chi connectivity index (χ0n) is 10.2. The summed E-state index contributed by atoms with van der Waals surface area (Å²) in [6.45, 7) is 12.8. The van der Waals surface area contributed by atoms with E-state index in [4.69, 9.17) is 4.52 Å². The van der Waals surface area contributed by atoms with Crippen LogP contribution in [0.15, 0.2) is 0 Å². The fourth-order valence-electron chi connectivity index (χ4n) is 1.31. The molecule has 0 amide bonds. The van der Waals surface area contributed by atoms with Crippen molar-refractivity contribution in [1.29, 1.82) is 0 Å². The van der Waals surface area contributed by atoms with E-state index in [-0.39, 0.29) is 11.3 Å². The second-order valence-electron chi connectivity index (χ2n) is 4.30. The predicted molar refractivity (Wildman–Crippen MR) is 61.9 cm³/mol. The van der Waals surface area contributed by atoms with Crippen molar-refractivity contribution in [1.82, 2.24) is 5.06 Å². The van der Waals surface area contributed by atoms with Gasteiger partial charge in [0.2, 0.25) is 0 Å². The molecule has 0 aliphatic heterocycles. The van der Waals surface area contributed by atoms with Gasteiger partial charge in [-0.15, -0.1) is 0 Å². The van der Waals surface area contributed by atoms with Gasteiger partial charge in [0.1, 0.15) is 0 Å². The molecule has 14 heavy (non-hydrogen) atoms. The minimum absolute atomic E-state index is 0.0925. The van der Waals surface area contributed by atoms with Crippen molar-refractivity contribution in [2.45, 2.75) is 52.9 Å². The van der Waals surface area contributed by atoms with Crippen LogP contribution in [-0.4, -0.2) is 34.4 Å². The Morgan fingerprint density at radius 3 is 2.14 bits per heavy atom.